The number of fused-ring (bicyclic) bond motifs is 2. The van der Waals surface area contributed by atoms with E-state index in [2.05, 4.69) is 5.32 Å². The van der Waals surface area contributed by atoms with Gasteiger partial charge in [-0.3, -0.25) is 14.4 Å². The van der Waals surface area contributed by atoms with Gasteiger partial charge in [0.25, 0.3) is 0 Å². The highest BCUT2D eigenvalue weighted by Gasteiger charge is 2.65. The first-order valence-electron chi connectivity index (χ1n) is 7.83. The lowest BCUT2D eigenvalue weighted by molar-refractivity contribution is -0.156. The lowest BCUT2D eigenvalue weighted by atomic mass is 9.55. The van der Waals surface area contributed by atoms with Crippen LogP contribution in [-0.4, -0.2) is 17.5 Å². The number of carbonyl (C=O) groups excluding carboxylic acids is 3. The zero-order valence-electron chi connectivity index (χ0n) is 13.5. The molecule has 0 aromatic heterocycles. The fourth-order valence-electron chi connectivity index (χ4n) is 4.08. The van der Waals surface area contributed by atoms with Crippen molar-refractivity contribution in [2.24, 2.45) is 22.7 Å². The van der Waals surface area contributed by atoms with Gasteiger partial charge in [-0.2, -0.15) is 0 Å². The molecule has 1 amide bonds. The zero-order valence-corrected chi connectivity index (χ0v) is 14.2. The largest absolute Gasteiger partial charge is 0.325 e. The Morgan fingerprint density at radius 2 is 1.78 bits per heavy atom. The number of anilines is 1. The van der Waals surface area contributed by atoms with Crippen molar-refractivity contribution in [1.82, 2.24) is 0 Å². The third-order valence-electron chi connectivity index (χ3n) is 6.03. The molecule has 1 N–H and O–H groups in total. The van der Waals surface area contributed by atoms with Gasteiger partial charge in [0.05, 0.1) is 0 Å². The van der Waals surface area contributed by atoms with E-state index in [0.29, 0.717) is 23.6 Å². The molecule has 2 fully saturated rings. The number of Topliss-reactive ketones (excluding diaryl/α,β-unsaturated/α-hetero) is 2. The van der Waals surface area contributed by atoms with Gasteiger partial charge in [-0.15, -0.1) is 0 Å². The molecule has 2 bridgehead atoms. The molecule has 3 atom stereocenters. The minimum absolute atomic E-state index is 0.230. The Bertz CT molecular complexity index is 695. The van der Waals surface area contributed by atoms with Crippen LogP contribution in [0.3, 0.4) is 0 Å². The second-order valence-electron chi connectivity index (χ2n) is 7.34. The van der Waals surface area contributed by atoms with E-state index in [1.165, 1.54) is 0 Å². The second kappa shape index (κ2) is 5.17. The molecule has 2 aliphatic rings. The van der Waals surface area contributed by atoms with Crippen LogP contribution in [0.4, 0.5) is 5.69 Å². The van der Waals surface area contributed by atoms with Crippen LogP contribution in [0.5, 0.6) is 0 Å². The molecule has 0 saturated heterocycles. The van der Waals surface area contributed by atoms with Gasteiger partial charge >= 0.3 is 0 Å². The predicted molar refractivity (Wildman–Crippen MR) is 88.2 cm³/mol. The summed E-state index contributed by atoms with van der Waals surface area (Å²) in [5.74, 6) is -2.44. The highest BCUT2D eigenvalue weighted by molar-refractivity contribution is 6.30. The molecule has 0 spiro atoms. The summed E-state index contributed by atoms with van der Waals surface area (Å²) in [6.45, 7) is 5.83. The highest BCUT2D eigenvalue weighted by Crippen LogP contribution is 2.61. The monoisotopic (exact) mass is 333 g/mol. The molecule has 23 heavy (non-hydrogen) atoms. The Morgan fingerprint density at radius 3 is 2.39 bits per heavy atom. The number of hydrogen-bond donors (Lipinski definition) is 1. The Kier molecular flexibility index (Phi) is 3.64. The molecular weight excluding hydrogens is 314 g/mol. The molecule has 122 valence electrons. The van der Waals surface area contributed by atoms with Crippen LogP contribution in [-0.2, 0) is 14.4 Å². The molecule has 4 nitrogen and oxygen atoms in total. The van der Waals surface area contributed by atoms with Crippen LogP contribution < -0.4 is 5.32 Å². The Balaban J connectivity index is 1.88. The lowest BCUT2D eigenvalue weighted by Crippen LogP contribution is -2.56. The van der Waals surface area contributed by atoms with E-state index >= 15 is 0 Å². The average Bonchev–Trinajstić information content (AvgIpc) is 2.66. The second-order valence-corrected chi connectivity index (χ2v) is 7.78. The lowest BCUT2D eigenvalue weighted by Gasteiger charge is -2.45. The molecular formula is C18H20ClNO3. The average molecular weight is 334 g/mol. The van der Waals surface area contributed by atoms with Crippen LogP contribution >= 0.6 is 11.6 Å². The smallest absolute Gasteiger partial charge is 0.242 e. The summed E-state index contributed by atoms with van der Waals surface area (Å²) in [4.78, 5) is 38.2. The Morgan fingerprint density at radius 1 is 1.17 bits per heavy atom. The van der Waals surface area contributed by atoms with Crippen molar-refractivity contribution in [3.05, 3.63) is 29.3 Å². The Hall–Kier alpha value is -1.68. The molecule has 3 rings (SSSR count). The third-order valence-corrected chi connectivity index (χ3v) is 6.29. The SMILES string of the molecule is CC12CCC(C(=O)C(C(=O)Nc3ccc(Cl)cc3)C1=O)C2(C)C. The molecule has 1 aromatic rings. The predicted octanol–water partition coefficient (Wildman–Crippen LogP) is 3.49. The normalized spacial score (nSPS) is 32.0. The van der Waals surface area contributed by atoms with Crippen LogP contribution in [0.15, 0.2) is 24.3 Å². The van der Waals surface area contributed by atoms with E-state index in [1.807, 2.05) is 20.8 Å². The summed E-state index contributed by atoms with van der Waals surface area (Å²) in [5, 5.41) is 3.23. The summed E-state index contributed by atoms with van der Waals surface area (Å²) in [7, 11) is 0. The van der Waals surface area contributed by atoms with Crippen LogP contribution in [0.25, 0.3) is 0 Å². The van der Waals surface area contributed by atoms with E-state index in [9.17, 15) is 14.4 Å². The minimum atomic E-state index is -1.20. The van der Waals surface area contributed by atoms with Crippen molar-refractivity contribution in [2.75, 3.05) is 5.32 Å². The van der Waals surface area contributed by atoms with Gasteiger partial charge in [0.15, 0.2) is 17.5 Å². The van der Waals surface area contributed by atoms with Gasteiger partial charge < -0.3 is 5.32 Å². The molecule has 2 saturated carbocycles. The van der Waals surface area contributed by atoms with Crippen molar-refractivity contribution in [3.8, 4) is 0 Å². The van der Waals surface area contributed by atoms with Gasteiger partial charge in [-0.05, 0) is 42.5 Å². The van der Waals surface area contributed by atoms with Gasteiger partial charge in [0.2, 0.25) is 5.91 Å². The van der Waals surface area contributed by atoms with E-state index in [1.54, 1.807) is 24.3 Å². The summed E-state index contributed by atoms with van der Waals surface area (Å²) in [6, 6.07) is 6.60. The fraction of sp³-hybridized carbons (Fsp3) is 0.500. The summed E-state index contributed by atoms with van der Waals surface area (Å²) >= 11 is 5.82. The van der Waals surface area contributed by atoms with Crippen molar-refractivity contribution in [2.45, 2.75) is 33.6 Å². The fourth-order valence-corrected chi connectivity index (χ4v) is 4.21. The molecule has 1 aromatic carbocycles. The number of hydrogen-bond acceptors (Lipinski definition) is 3. The third kappa shape index (κ3) is 2.23. The van der Waals surface area contributed by atoms with E-state index < -0.39 is 22.7 Å². The molecule has 2 aliphatic carbocycles. The van der Waals surface area contributed by atoms with Crippen molar-refractivity contribution < 1.29 is 14.4 Å². The first-order valence-corrected chi connectivity index (χ1v) is 8.21. The topological polar surface area (TPSA) is 63.2 Å². The molecule has 0 heterocycles. The van der Waals surface area contributed by atoms with E-state index in [4.69, 9.17) is 11.6 Å². The number of carbonyl (C=O) groups is 3. The van der Waals surface area contributed by atoms with Crippen molar-refractivity contribution in [3.63, 3.8) is 0 Å². The first kappa shape index (κ1) is 16.2. The maximum atomic E-state index is 12.9. The van der Waals surface area contributed by atoms with Gasteiger partial charge in [-0.1, -0.05) is 32.4 Å². The van der Waals surface area contributed by atoms with Crippen LogP contribution in [0.1, 0.15) is 33.6 Å². The quantitative estimate of drug-likeness (QED) is 0.843. The number of halogens is 1. The standard InChI is InChI=1S/C18H20ClNO3/c1-17(2)12-8-9-18(17,3)15(22)13(14(12)21)16(23)20-11-6-4-10(19)5-7-11/h4-7,12-13H,8-9H2,1-3H3,(H,20,23). The van der Waals surface area contributed by atoms with E-state index in [-0.39, 0.29) is 17.5 Å². The zero-order chi connectivity index (χ0) is 17.0. The van der Waals surface area contributed by atoms with Gasteiger partial charge in [-0.25, -0.2) is 0 Å². The number of benzene rings is 1. The maximum absolute atomic E-state index is 12.9. The van der Waals surface area contributed by atoms with E-state index in [0.717, 1.165) is 0 Å². The number of nitrogens with one attached hydrogen (secondary N) is 1. The molecule has 0 aliphatic heterocycles. The van der Waals surface area contributed by atoms with Gasteiger partial charge in [0, 0.05) is 22.0 Å². The maximum Gasteiger partial charge on any atom is 0.242 e. The van der Waals surface area contributed by atoms with Crippen molar-refractivity contribution >= 4 is 34.8 Å². The number of rotatable bonds is 2. The van der Waals surface area contributed by atoms with Crippen LogP contribution in [0.2, 0.25) is 5.02 Å². The summed E-state index contributed by atoms with van der Waals surface area (Å²) < 4.78 is 0. The molecule has 0 radical (unpaired) electrons. The molecule has 3 unspecified atom stereocenters. The number of ketones is 2. The summed E-state index contributed by atoms with van der Waals surface area (Å²) in [5.41, 5.74) is -0.478. The Labute approximate surface area is 140 Å². The first-order chi connectivity index (χ1) is 10.7. The minimum Gasteiger partial charge on any atom is -0.325 e. The molecule has 5 heteroatoms. The highest BCUT2D eigenvalue weighted by atomic mass is 35.5. The van der Waals surface area contributed by atoms with Gasteiger partial charge in [0.1, 0.15) is 0 Å². The van der Waals surface area contributed by atoms with Crippen molar-refractivity contribution in [1.29, 1.82) is 0 Å². The van der Waals surface area contributed by atoms with Crippen LogP contribution in [0, 0.1) is 22.7 Å². The summed E-state index contributed by atoms with van der Waals surface area (Å²) in [6.07, 6.45) is 1.35. The number of amides is 1.